The second kappa shape index (κ2) is 4.92. The summed E-state index contributed by atoms with van der Waals surface area (Å²) in [4.78, 5) is 15.3. The Balaban J connectivity index is 1.80. The minimum absolute atomic E-state index is 0.309. The number of aromatic nitrogens is 2. The molecule has 0 aliphatic carbocycles. The van der Waals surface area contributed by atoms with E-state index in [9.17, 15) is 4.79 Å². The molecule has 2 heterocycles. The van der Waals surface area contributed by atoms with Gasteiger partial charge in [-0.1, -0.05) is 11.2 Å². The van der Waals surface area contributed by atoms with Crippen molar-refractivity contribution in [3.8, 4) is 0 Å². The molecule has 0 saturated carbocycles. The SMILES string of the molecule is O=C(NCc1cccnc1)Nc1ccno1. The number of amides is 2. The number of nitrogens with zero attached hydrogens (tertiary/aromatic N) is 2. The molecule has 2 amide bonds. The summed E-state index contributed by atoms with van der Waals surface area (Å²) < 4.78 is 4.72. The molecule has 0 bridgehead atoms. The monoisotopic (exact) mass is 218 g/mol. The third-order valence-corrected chi connectivity index (χ3v) is 1.85. The first-order valence-corrected chi connectivity index (χ1v) is 4.69. The molecule has 0 aliphatic rings. The molecule has 2 rings (SSSR count). The fourth-order valence-corrected chi connectivity index (χ4v) is 1.12. The van der Waals surface area contributed by atoms with E-state index in [1.807, 2.05) is 12.1 Å². The Labute approximate surface area is 91.7 Å². The molecule has 2 N–H and O–H groups in total. The zero-order chi connectivity index (χ0) is 11.2. The maximum atomic E-state index is 11.4. The predicted octanol–water partition coefficient (Wildman–Crippen LogP) is 1.39. The molecule has 0 radical (unpaired) electrons. The maximum absolute atomic E-state index is 11.4. The summed E-state index contributed by atoms with van der Waals surface area (Å²) in [5, 5.41) is 8.62. The second-order valence-electron chi connectivity index (χ2n) is 3.05. The number of rotatable bonds is 3. The Hall–Kier alpha value is -2.37. The number of carbonyl (C=O) groups excluding carboxylic acids is 1. The van der Waals surface area contributed by atoms with Crippen molar-refractivity contribution in [2.45, 2.75) is 6.54 Å². The summed E-state index contributed by atoms with van der Waals surface area (Å²) in [7, 11) is 0. The van der Waals surface area contributed by atoms with Crippen LogP contribution in [0.3, 0.4) is 0 Å². The van der Waals surface area contributed by atoms with Crippen molar-refractivity contribution in [1.82, 2.24) is 15.5 Å². The summed E-state index contributed by atoms with van der Waals surface area (Å²) in [5.41, 5.74) is 0.926. The minimum Gasteiger partial charge on any atom is -0.338 e. The molecular formula is C10H10N4O2. The molecule has 0 spiro atoms. The van der Waals surface area contributed by atoms with Crippen LogP contribution in [0.2, 0.25) is 0 Å². The van der Waals surface area contributed by atoms with Crippen LogP contribution in [0.5, 0.6) is 0 Å². The Bertz CT molecular complexity index is 441. The fourth-order valence-electron chi connectivity index (χ4n) is 1.12. The summed E-state index contributed by atoms with van der Waals surface area (Å²) in [6.45, 7) is 0.411. The van der Waals surface area contributed by atoms with Crippen LogP contribution in [0.25, 0.3) is 0 Å². The van der Waals surface area contributed by atoms with Gasteiger partial charge in [0, 0.05) is 25.0 Å². The first-order chi connectivity index (χ1) is 7.84. The lowest BCUT2D eigenvalue weighted by Gasteiger charge is -2.04. The van der Waals surface area contributed by atoms with E-state index < -0.39 is 0 Å². The molecule has 2 aromatic rings. The summed E-state index contributed by atoms with van der Waals surface area (Å²) in [6, 6.07) is 4.90. The topological polar surface area (TPSA) is 80.0 Å². The van der Waals surface area contributed by atoms with Gasteiger partial charge in [-0.05, 0) is 11.6 Å². The lowest BCUT2D eigenvalue weighted by molar-refractivity contribution is 0.251. The third-order valence-electron chi connectivity index (χ3n) is 1.85. The van der Waals surface area contributed by atoms with Gasteiger partial charge in [0.05, 0.1) is 6.20 Å². The van der Waals surface area contributed by atoms with Gasteiger partial charge in [0.25, 0.3) is 0 Å². The number of hydrogen-bond acceptors (Lipinski definition) is 4. The van der Waals surface area contributed by atoms with Crippen molar-refractivity contribution in [2.75, 3.05) is 5.32 Å². The Morgan fingerprint density at radius 1 is 1.38 bits per heavy atom. The summed E-state index contributed by atoms with van der Waals surface area (Å²) >= 11 is 0. The van der Waals surface area contributed by atoms with Crippen molar-refractivity contribution in [2.24, 2.45) is 0 Å². The largest absolute Gasteiger partial charge is 0.338 e. The maximum Gasteiger partial charge on any atom is 0.321 e. The van der Waals surface area contributed by atoms with Crippen LogP contribution < -0.4 is 10.6 Å². The van der Waals surface area contributed by atoms with Crippen LogP contribution in [0, 0.1) is 0 Å². The smallest absolute Gasteiger partial charge is 0.321 e. The van der Waals surface area contributed by atoms with Crippen molar-refractivity contribution in [1.29, 1.82) is 0 Å². The highest BCUT2D eigenvalue weighted by molar-refractivity contribution is 5.87. The highest BCUT2D eigenvalue weighted by Gasteiger charge is 2.03. The Morgan fingerprint density at radius 2 is 2.31 bits per heavy atom. The number of anilines is 1. The molecule has 0 fully saturated rings. The van der Waals surface area contributed by atoms with Crippen LogP contribution in [0.15, 0.2) is 41.3 Å². The highest BCUT2D eigenvalue weighted by atomic mass is 16.5. The van der Waals surface area contributed by atoms with Crippen LogP contribution in [0.1, 0.15) is 5.56 Å². The zero-order valence-corrected chi connectivity index (χ0v) is 8.38. The van der Waals surface area contributed by atoms with Crippen molar-refractivity contribution >= 4 is 11.9 Å². The Kier molecular flexibility index (Phi) is 3.12. The number of urea groups is 1. The van der Waals surface area contributed by atoms with Gasteiger partial charge >= 0.3 is 6.03 Å². The quantitative estimate of drug-likeness (QED) is 0.815. The highest BCUT2D eigenvalue weighted by Crippen LogP contribution is 2.02. The molecule has 16 heavy (non-hydrogen) atoms. The molecule has 0 unspecified atom stereocenters. The first kappa shape index (κ1) is 10.2. The van der Waals surface area contributed by atoms with Crippen molar-refractivity contribution in [3.05, 3.63) is 42.4 Å². The van der Waals surface area contributed by atoms with Crippen LogP contribution in [0.4, 0.5) is 10.7 Å². The van der Waals surface area contributed by atoms with Crippen LogP contribution in [-0.4, -0.2) is 16.2 Å². The first-order valence-electron chi connectivity index (χ1n) is 4.69. The molecule has 82 valence electrons. The molecule has 0 atom stereocenters. The van der Waals surface area contributed by atoms with E-state index in [0.717, 1.165) is 5.56 Å². The van der Waals surface area contributed by atoms with Gasteiger partial charge in [-0.2, -0.15) is 0 Å². The minimum atomic E-state index is -0.347. The van der Waals surface area contributed by atoms with Crippen molar-refractivity contribution in [3.63, 3.8) is 0 Å². The lowest BCUT2D eigenvalue weighted by atomic mass is 10.3. The van der Waals surface area contributed by atoms with E-state index in [4.69, 9.17) is 4.52 Å². The van der Waals surface area contributed by atoms with Gasteiger partial charge in [-0.3, -0.25) is 10.3 Å². The standard InChI is InChI=1S/C10H10N4O2/c15-10(14-9-3-5-13-16-9)12-7-8-2-1-4-11-6-8/h1-6H,7H2,(H2,12,14,15). The van der Waals surface area contributed by atoms with E-state index in [1.165, 1.54) is 6.20 Å². The molecule has 2 aromatic heterocycles. The van der Waals surface area contributed by atoms with Gasteiger partial charge < -0.3 is 9.84 Å². The lowest BCUT2D eigenvalue weighted by Crippen LogP contribution is -2.27. The molecule has 6 heteroatoms. The molecule has 0 saturated heterocycles. The molecule has 0 aromatic carbocycles. The van der Waals surface area contributed by atoms with E-state index in [0.29, 0.717) is 12.4 Å². The second-order valence-corrected chi connectivity index (χ2v) is 3.05. The Morgan fingerprint density at radius 3 is 3.00 bits per heavy atom. The number of nitrogens with one attached hydrogen (secondary N) is 2. The van der Waals surface area contributed by atoms with E-state index in [2.05, 4.69) is 20.8 Å². The van der Waals surface area contributed by atoms with Gasteiger partial charge in [0.2, 0.25) is 5.88 Å². The van der Waals surface area contributed by atoms with Crippen LogP contribution in [-0.2, 0) is 6.54 Å². The van der Waals surface area contributed by atoms with Gasteiger partial charge in [-0.15, -0.1) is 0 Å². The average molecular weight is 218 g/mol. The van der Waals surface area contributed by atoms with Gasteiger partial charge in [0.15, 0.2) is 0 Å². The summed E-state index contributed by atoms with van der Waals surface area (Å²) in [6.07, 6.45) is 4.82. The zero-order valence-electron chi connectivity index (χ0n) is 8.38. The van der Waals surface area contributed by atoms with E-state index in [1.54, 1.807) is 18.5 Å². The fraction of sp³-hybridized carbons (Fsp3) is 0.100. The third kappa shape index (κ3) is 2.81. The average Bonchev–Trinajstić information content (AvgIpc) is 2.81. The number of carbonyl (C=O) groups is 1. The summed E-state index contributed by atoms with van der Waals surface area (Å²) in [5.74, 6) is 0.309. The normalized spacial score (nSPS) is 9.75. The van der Waals surface area contributed by atoms with Crippen molar-refractivity contribution < 1.29 is 9.32 Å². The number of pyridine rings is 1. The predicted molar refractivity (Wildman–Crippen MR) is 56.6 cm³/mol. The molecular weight excluding hydrogens is 208 g/mol. The molecule has 6 nitrogen and oxygen atoms in total. The van der Waals surface area contributed by atoms with Gasteiger partial charge in [0.1, 0.15) is 0 Å². The van der Waals surface area contributed by atoms with E-state index >= 15 is 0 Å². The van der Waals surface area contributed by atoms with Gasteiger partial charge in [-0.25, -0.2) is 4.79 Å². The molecule has 0 aliphatic heterocycles. The number of hydrogen-bond donors (Lipinski definition) is 2. The van der Waals surface area contributed by atoms with E-state index in [-0.39, 0.29) is 6.03 Å². The van der Waals surface area contributed by atoms with Crippen LogP contribution >= 0.6 is 0 Å².